The van der Waals surface area contributed by atoms with E-state index in [1.165, 1.54) is 27.6 Å². The molecule has 1 heterocycles. The fourth-order valence-corrected chi connectivity index (χ4v) is 3.72. The zero-order chi connectivity index (χ0) is 19.0. The minimum absolute atomic E-state index is 0. The maximum Gasteiger partial charge on any atom is 0.0167 e. The van der Waals surface area contributed by atoms with Crippen LogP contribution in [-0.4, -0.2) is 4.98 Å². The average Bonchev–Trinajstić information content (AvgIpc) is 2.68. The van der Waals surface area contributed by atoms with Crippen LogP contribution in [0.4, 0.5) is 0 Å². The van der Waals surface area contributed by atoms with E-state index in [0.29, 0.717) is 0 Å². The maximum absolute atomic E-state index is 4.71. The summed E-state index contributed by atoms with van der Waals surface area (Å²) in [6.45, 7) is 10.4. The smallest absolute Gasteiger partial charge is 0.0167 e. The number of benzene rings is 3. The van der Waals surface area contributed by atoms with Crippen LogP contribution in [0.2, 0.25) is 0 Å². The van der Waals surface area contributed by atoms with Crippen molar-refractivity contribution < 1.29 is 20.1 Å². The first-order chi connectivity index (χ1) is 13.0. The number of hydrogen-bond donors (Lipinski definition) is 0. The molecule has 0 unspecified atom stereocenters. The molecule has 0 aliphatic heterocycles. The summed E-state index contributed by atoms with van der Waals surface area (Å²) in [4.78, 5) is 4.71. The molecular formula is C26H22IrN-. The second-order valence-electron chi connectivity index (χ2n) is 7.10. The van der Waals surface area contributed by atoms with Crippen molar-refractivity contribution in [2.45, 2.75) is 20.8 Å². The van der Waals surface area contributed by atoms with Crippen LogP contribution in [-0.2, 0) is 20.1 Å². The molecule has 4 aromatic rings. The monoisotopic (exact) mass is 541 g/mol. The molecule has 0 saturated heterocycles. The van der Waals surface area contributed by atoms with Gasteiger partial charge in [-0.25, -0.2) is 0 Å². The van der Waals surface area contributed by atoms with Gasteiger partial charge in [0.25, 0.3) is 0 Å². The van der Waals surface area contributed by atoms with Gasteiger partial charge in [0.05, 0.1) is 0 Å². The van der Waals surface area contributed by atoms with E-state index >= 15 is 0 Å². The van der Waals surface area contributed by atoms with E-state index in [0.717, 1.165) is 27.8 Å². The van der Waals surface area contributed by atoms with Crippen LogP contribution < -0.4 is 0 Å². The Morgan fingerprint density at radius 2 is 1.64 bits per heavy atom. The Kier molecular flexibility index (Phi) is 5.93. The Labute approximate surface area is 180 Å². The summed E-state index contributed by atoms with van der Waals surface area (Å²) >= 11 is 0. The molecule has 0 aliphatic carbocycles. The van der Waals surface area contributed by atoms with Gasteiger partial charge >= 0.3 is 0 Å². The Morgan fingerprint density at radius 3 is 2.36 bits per heavy atom. The van der Waals surface area contributed by atoms with Gasteiger partial charge in [-0.1, -0.05) is 61.5 Å². The van der Waals surface area contributed by atoms with Crippen LogP contribution in [0.15, 0.2) is 73.4 Å². The molecule has 0 atom stereocenters. The van der Waals surface area contributed by atoms with Gasteiger partial charge < -0.3 is 4.98 Å². The SMILES string of the molecule is C=C(C)c1ccc2c(-c3[c-]c(C)cc(-c4ccccc4)c3)nccc2c1C.[Ir]. The van der Waals surface area contributed by atoms with E-state index in [9.17, 15) is 0 Å². The van der Waals surface area contributed by atoms with Crippen LogP contribution in [0.25, 0.3) is 38.7 Å². The number of aryl methyl sites for hydroxylation is 2. The van der Waals surface area contributed by atoms with Gasteiger partial charge in [-0.05, 0) is 53.1 Å². The molecule has 3 aromatic carbocycles. The second kappa shape index (κ2) is 8.22. The molecule has 4 rings (SSSR count). The van der Waals surface area contributed by atoms with Gasteiger partial charge in [-0.15, -0.1) is 34.9 Å². The third-order valence-corrected chi connectivity index (χ3v) is 5.04. The first-order valence-electron chi connectivity index (χ1n) is 9.18. The van der Waals surface area contributed by atoms with Crippen molar-refractivity contribution in [2.75, 3.05) is 0 Å². The summed E-state index contributed by atoms with van der Waals surface area (Å²) in [6, 6.07) is 24.7. The third kappa shape index (κ3) is 3.71. The predicted molar refractivity (Wildman–Crippen MR) is 116 cm³/mol. The molecular weight excluding hydrogens is 519 g/mol. The van der Waals surface area contributed by atoms with Crippen molar-refractivity contribution in [1.29, 1.82) is 0 Å². The molecule has 0 saturated carbocycles. The number of nitrogens with zero attached hydrogens (tertiary/aromatic N) is 1. The van der Waals surface area contributed by atoms with Gasteiger partial charge in [0.2, 0.25) is 0 Å². The molecule has 0 spiro atoms. The predicted octanol–water partition coefficient (Wildman–Crippen LogP) is 7.02. The van der Waals surface area contributed by atoms with Crippen molar-refractivity contribution in [3.63, 3.8) is 0 Å². The summed E-state index contributed by atoms with van der Waals surface area (Å²) in [6.07, 6.45) is 1.89. The second-order valence-corrected chi connectivity index (χ2v) is 7.10. The molecule has 1 radical (unpaired) electrons. The van der Waals surface area contributed by atoms with E-state index < -0.39 is 0 Å². The van der Waals surface area contributed by atoms with E-state index in [2.05, 4.69) is 88.0 Å². The van der Waals surface area contributed by atoms with Crippen molar-refractivity contribution in [2.24, 2.45) is 0 Å². The first kappa shape index (κ1) is 20.2. The molecule has 0 aliphatic rings. The van der Waals surface area contributed by atoms with Gasteiger partial charge in [-0.3, -0.25) is 0 Å². The van der Waals surface area contributed by atoms with Crippen molar-refractivity contribution in [3.05, 3.63) is 96.2 Å². The number of allylic oxidation sites excluding steroid dienone is 1. The molecule has 141 valence electrons. The third-order valence-electron chi connectivity index (χ3n) is 5.04. The Bertz CT molecular complexity index is 1160. The van der Waals surface area contributed by atoms with Crippen LogP contribution in [0.5, 0.6) is 0 Å². The van der Waals surface area contributed by atoms with Crippen LogP contribution >= 0.6 is 0 Å². The fraction of sp³-hybridized carbons (Fsp3) is 0.115. The molecule has 0 fully saturated rings. The topological polar surface area (TPSA) is 12.9 Å². The van der Waals surface area contributed by atoms with Crippen molar-refractivity contribution in [3.8, 4) is 22.4 Å². The Balaban J connectivity index is 0.00000225. The van der Waals surface area contributed by atoms with Crippen molar-refractivity contribution in [1.82, 2.24) is 4.98 Å². The quantitative estimate of drug-likeness (QED) is 0.255. The number of rotatable bonds is 3. The Hall–Kier alpha value is -2.54. The zero-order valence-electron chi connectivity index (χ0n) is 16.3. The number of pyridine rings is 1. The van der Waals surface area contributed by atoms with E-state index in [1.54, 1.807) is 0 Å². The molecule has 2 heteroatoms. The molecule has 0 bridgehead atoms. The van der Waals surface area contributed by atoms with Crippen LogP contribution in [0, 0.1) is 19.9 Å². The van der Waals surface area contributed by atoms with Crippen molar-refractivity contribution >= 4 is 16.3 Å². The van der Waals surface area contributed by atoms with Gasteiger partial charge in [-0.2, -0.15) is 0 Å². The summed E-state index contributed by atoms with van der Waals surface area (Å²) < 4.78 is 0. The summed E-state index contributed by atoms with van der Waals surface area (Å²) in [7, 11) is 0. The first-order valence-corrected chi connectivity index (χ1v) is 9.18. The van der Waals surface area contributed by atoms with E-state index in [4.69, 9.17) is 4.98 Å². The molecule has 1 nitrogen and oxygen atoms in total. The van der Waals surface area contributed by atoms with Crippen LogP contribution in [0.3, 0.4) is 0 Å². The molecule has 0 N–H and O–H groups in total. The molecule has 28 heavy (non-hydrogen) atoms. The number of hydrogen-bond acceptors (Lipinski definition) is 1. The summed E-state index contributed by atoms with van der Waals surface area (Å²) in [5.41, 5.74) is 9.05. The van der Waals surface area contributed by atoms with Crippen LogP contribution in [0.1, 0.15) is 23.6 Å². The largest absolute Gasteiger partial charge is 0.304 e. The average molecular weight is 541 g/mol. The van der Waals surface area contributed by atoms with E-state index in [-0.39, 0.29) is 20.1 Å². The standard InChI is InChI=1S/C26H22N.Ir/c1-17(2)23-10-11-25-24(19(23)4)12-13-27-26(25)22-15-18(3)14-21(16-22)20-8-6-5-7-9-20;/h5-14,16H,1H2,2-4H3;/q-1;. The van der Waals surface area contributed by atoms with Gasteiger partial charge in [0, 0.05) is 26.3 Å². The number of aromatic nitrogens is 1. The minimum atomic E-state index is 0. The molecule has 1 aromatic heterocycles. The normalized spacial score (nSPS) is 10.5. The molecule has 0 amide bonds. The number of fused-ring (bicyclic) bond motifs is 1. The summed E-state index contributed by atoms with van der Waals surface area (Å²) in [5, 5.41) is 2.37. The van der Waals surface area contributed by atoms with Gasteiger partial charge in [0.1, 0.15) is 0 Å². The minimum Gasteiger partial charge on any atom is -0.304 e. The van der Waals surface area contributed by atoms with E-state index in [1.807, 2.05) is 12.3 Å². The Morgan fingerprint density at radius 1 is 0.893 bits per heavy atom. The maximum atomic E-state index is 4.71. The summed E-state index contributed by atoms with van der Waals surface area (Å²) in [5.74, 6) is 0. The van der Waals surface area contributed by atoms with Gasteiger partial charge in [0.15, 0.2) is 0 Å². The fourth-order valence-electron chi connectivity index (χ4n) is 3.72. The zero-order valence-corrected chi connectivity index (χ0v) is 18.7.